The number of unbranched alkanes of at least 4 members (excludes halogenated alkanes) is 9. The zero-order chi connectivity index (χ0) is 84.3. The Labute approximate surface area is 671 Å². The fraction of sp³-hybridized carbons (Fsp3) is 0.872. The van der Waals surface area contributed by atoms with Crippen LogP contribution in [0.1, 0.15) is 226 Å². The summed E-state index contributed by atoms with van der Waals surface area (Å²) in [6.07, 6.45) is 2.65. The lowest BCUT2D eigenvalue weighted by Crippen LogP contribution is -2.61. The van der Waals surface area contributed by atoms with Gasteiger partial charge in [0.15, 0.2) is 0 Å². The highest BCUT2D eigenvalue weighted by molar-refractivity contribution is 7.47. The smallest absolute Gasteiger partial charge is 0.396 e. The van der Waals surface area contributed by atoms with Gasteiger partial charge in [-0.05, 0) is 116 Å². The molecule has 3 rings (SSSR count). The largest absolute Gasteiger partial charge is 0.471 e. The minimum atomic E-state index is -4.10. The highest BCUT2D eigenvalue weighted by Crippen LogP contribution is 2.42. The van der Waals surface area contributed by atoms with Crippen molar-refractivity contribution in [3.63, 3.8) is 0 Å². The third kappa shape index (κ3) is 43.6. The molecule has 36 heteroatoms. The Morgan fingerprint density at radius 2 is 0.711 bits per heavy atom. The van der Waals surface area contributed by atoms with Crippen molar-refractivity contribution >= 4 is 66.4 Å². The minimum absolute atomic E-state index is 0.00398. The molecular weight excluding hydrogens is 1520 g/mol. The first kappa shape index (κ1) is 103. The molecule has 3 fully saturated rings. The van der Waals surface area contributed by atoms with Gasteiger partial charge in [0.2, 0.25) is 35.4 Å². The molecule has 3 aliphatic rings. The molecule has 0 aromatic rings. The summed E-state index contributed by atoms with van der Waals surface area (Å²) in [5.41, 5.74) is -1.45. The first-order valence-electron chi connectivity index (χ1n) is 41.2. The van der Waals surface area contributed by atoms with E-state index in [4.69, 9.17) is 32.9 Å². The monoisotopic (exact) mass is 1650 g/mol. The molecule has 8 unspecified atom stereocenters. The Morgan fingerprint density at radius 3 is 1.13 bits per heavy atom. The van der Waals surface area contributed by atoms with Gasteiger partial charge in [0.05, 0.1) is 101 Å². The van der Waals surface area contributed by atoms with E-state index in [0.29, 0.717) is 148 Å². The summed E-state index contributed by atoms with van der Waals surface area (Å²) in [5, 5.41) is 108. The van der Waals surface area contributed by atoms with Gasteiger partial charge in [-0.2, -0.15) is 0 Å². The number of aliphatic hydroxyl groups excluding tert-OH is 9. The van der Waals surface area contributed by atoms with Gasteiger partial charge in [-0.15, -0.1) is 0 Å². The number of ether oxygens (including phenoxy) is 6. The van der Waals surface area contributed by atoms with Gasteiger partial charge in [0.25, 0.3) is 0 Å². The average Bonchev–Trinajstić information content (AvgIpc) is 0.818. The van der Waals surface area contributed by atoms with E-state index < -0.39 is 110 Å². The van der Waals surface area contributed by atoms with Gasteiger partial charge >= 0.3 is 7.82 Å². The number of carbonyl (C=O) groups excluding carboxylic acids is 10. The van der Waals surface area contributed by atoms with Gasteiger partial charge in [0.1, 0.15) is 40.9 Å². The molecule has 3 aliphatic carbocycles. The van der Waals surface area contributed by atoms with E-state index in [2.05, 4.69) is 36.4 Å². The lowest BCUT2D eigenvalue weighted by atomic mass is 9.77. The zero-order valence-electron chi connectivity index (χ0n) is 67.8. The quantitative estimate of drug-likeness (QED) is 0.0304. The standard InChI is InChI=1S/C78H139N6O29P/c1-53-63(44-56(47-85)73(99)72(53)98)110-37-17-12-26-59(90)22-8-5-10-24-61(92)31-41-107-50-78(84-69(97)30-20-29-67(95)79-34-15-7-16-40-113-114(104,105)106-4,51-108-42-32-62(93)25-11-6-9-23-60(91)27-13-18-38-111-64-45-57(48-86)74(100)76(102)70(64)82-54(2)88)52-109-43-33-68(96)81-36-21-35-80-66(94)28-14-19-39-112-65-46-58(49-87)75(101)77(103)71(65)83-55(3)89/h53,56-58,63-65,70-77,85-87,98-103H,5-52H2,1-4H3,(H,79,95)(H,80,94)(H,81,96)(H,82,88)(H,83,89)(H,84,97)(H,104,105)/t53?,56?,57?,58?,63-,64-,65-,70?,71?,72-,73+,74+,75+,76-,77-,78?/m1/s1. The summed E-state index contributed by atoms with van der Waals surface area (Å²) in [6.45, 7) is 3.93. The molecular formula is C78H139N6O29P. The highest BCUT2D eigenvalue weighted by Gasteiger charge is 2.46. The van der Waals surface area contributed by atoms with E-state index >= 15 is 0 Å². The van der Waals surface area contributed by atoms with Crippen LogP contribution in [-0.4, -0.2) is 295 Å². The van der Waals surface area contributed by atoms with E-state index in [1.807, 2.05) is 0 Å². The van der Waals surface area contributed by atoms with Crippen LogP contribution in [0.15, 0.2) is 0 Å². The van der Waals surface area contributed by atoms with Gasteiger partial charge in [-0.25, -0.2) is 4.57 Å². The van der Waals surface area contributed by atoms with Crippen molar-refractivity contribution in [2.24, 2.45) is 23.7 Å². The van der Waals surface area contributed by atoms with Crippen molar-refractivity contribution in [3.05, 3.63) is 0 Å². The second-order valence-corrected chi connectivity index (χ2v) is 32.3. The molecule has 17 atom stereocenters. The highest BCUT2D eigenvalue weighted by atomic mass is 31.2. The number of phosphoric ester groups is 1. The molecule has 6 amide bonds. The molecule has 0 aliphatic heterocycles. The predicted molar refractivity (Wildman–Crippen MR) is 414 cm³/mol. The molecule has 0 aromatic heterocycles. The summed E-state index contributed by atoms with van der Waals surface area (Å²) in [6, 6.07) is -1.73. The van der Waals surface area contributed by atoms with Gasteiger partial charge < -0.3 is 111 Å². The summed E-state index contributed by atoms with van der Waals surface area (Å²) in [7, 11) is -3.04. The molecule has 0 heterocycles. The number of Topliss-reactive ketones (excluding diaryl/α,β-unsaturated/α-hetero) is 4. The Kier molecular flexibility index (Phi) is 54.0. The van der Waals surface area contributed by atoms with Crippen LogP contribution >= 0.6 is 7.82 Å². The lowest BCUT2D eigenvalue weighted by molar-refractivity contribution is -0.144. The summed E-state index contributed by atoms with van der Waals surface area (Å²) < 4.78 is 57.0. The second-order valence-electron chi connectivity index (χ2n) is 30.7. The number of phosphoric acid groups is 1. The fourth-order valence-electron chi connectivity index (χ4n) is 14.1. The van der Waals surface area contributed by atoms with Crippen LogP contribution < -0.4 is 31.9 Å². The number of hydrogen-bond donors (Lipinski definition) is 16. The molecule has 114 heavy (non-hydrogen) atoms. The first-order chi connectivity index (χ1) is 54.5. The van der Waals surface area contributed by atoms with Crippen LogP contribution in [-0.2, 0) is 90.0 Å². The van der Waals surface area contributed by atoms with Crippen LogP contribution in [0.4, 0.5) is 0 Å². The summed E-state index contributed by atoms with van der Waals surface area (Å²) in [5.74, 6) is -4.33. The summed E-state index contributed by atoms with van der Waals surface area (Å²) >= 11 is 0. The first-order valence-corrected chi connectivity index (χ1v) is 42.7. The molecule has 3 saturated carbocycles. The number of amides is 6. The third-order valence-electron chi connectivity index (χ3n) is 21.0. The number of nitrogens with one attached hydrogen (secondary N) is 6. The van der Waals surface area contributed by atoms with Crippen molar-refractivity contribution in [2.75, 3.05) is 113 Å². The molecule has 0 bridgehead atoms. The molecule has 35 nitrogen and oxygen atoms in total. The van der Waals surface area contributed by atoms with Crippen LogP contribution in [0.2, 0.25) is 0 Å². The zero-order valence-corrected chi connectivity index (χ0v) is 68.7. The van der Waals surface area contributed by atoms with Crippen molar-refractivity contribution in [3.8, 4) is 0 Å². The Balaban J connectivity index is 1.57. The average molecular weight is 1660 g/mol. The number of hydrogen-bond acceptors (Lipinski definition) is 28. The Bertz CT molecular complexity index is 2730. The normalized spacial score (nSPS) is 24.7. The van der Waals surface area contributed by atoms with E-state index in [0.717, 1.165) is 7.11 Å². The van der Waals surface area contributed by atoms with Gasteiger partial charge in [0, 0.05) is 181 Å². The lowest BCUT2D eigenvalue weighted by Gasteiger charge is -2.42. The van der Waals surface area contributed by atoms with Crippen molar-refractivity contribution in [1.29, 1.82) is 0 Å². The van der Waals surface area contributed by atoms with Gasteiger partial charge in [-0.3, -0.25) is 57.0 Å². The second kappa shape index (κ2) is 59.6. The predicted octanol–water partition coefficient (Wildman–Crippen LogP) is 1.60. The molecule has 0 saturated heterocycles. The Morgan fingerprint density at radius 1 is 0.377 bits per heavy atom. The number of carbonyl (C=O) groups is 10. The molecule has 0 aromatic carbocycles. The third-order valence-corrected chi connectivity index (χ3v) is 22.0. The topological polar surface area (TPSA) is 536 Å². The van der Waals surface area contributed by atoms with E-state index in [1.165, 1.54) is 13.8 Å². The number of ketones is 4. The van der Waals surface area contributed by atoms with Crippen LogP contribution in [0, 0.1) is 23.7 Å². The SMILES string of the molecule is COP(=O)(O)OCCCCCNC(=O)CCCC(=O)NC(COCCC(=O)CCCCCC(=O)CCCCO[C@@H]1CC(CO)[C@H](O)[C@H](O)C1C)(COCCC(=O)CCCCCC(=O)CCCCO[C@@H]1CC(CO)[C@H](O)[C@H](O)C1NC(C)=O)COCCC(=O)NCCCNC(=O)CCCCO[C@@H]1CC(CO)[C@H](O)[C@H](O)C1NC(C)=O. The fourth-order valence-corrected chi connectivity index (χ4v) is 14.6. The number of aliphatic hydroxyl groups is 9. The van der Waals surface area contributed by atoms with Crippen molar-refractivity contribution in [1.82, 2.24) is 31.9 Å². The van der Waals surface area contributed by atoms with Gasteiger partial charge in [-0.1, -0.05) is 19.8 Å². The Hall–Kier alpha value is -4.99. The maximum Gasteiger partial charge on any atom is 0.471 e. The molecule has 16 N–H and O–H groups in total. The molecule has 0 radical (unpaired) electrons. The van der Waals surface area contributed by atoms with E-state index in [1.54, 1.807) is 6.92 Å². The van der Waals surface area contributed by atoms with Crippen LogP contribution in [0.5, 0.6) is 0 Å². The van der Waals surface area contributed by atoms with Crippen molar-refractivity contribution in [2.45, 2.75) is 299 Å². The molecule has 660 valence electrons. The summed E-state index contributed by atoms with van der Waals surface area (Å²) in [4.78, 5) is 137. The van der Waals surface area contributed by atoms with Crippen molar-refractivity contribution < 1.29 is 141 Å². The number of rotatable bonds is 67. The minimum Gasteiger partial charge on any atom is -0.396 e. The maximum absolute atomic E-state index is 13.9. The van der Waals surface area contributed by atoms with E-state index in [9.17, 15) is 103 Å². The maximum atomic E-state index is 13.9. The van der Waals surface area contributed by atoms with Crippen LogP contribution in [0.3, 0.4) is 0 Å². The molecule has 0 spiro atoms. The van der Waals surface area contributed by atoms with Crippen LogP contribution in [0.25, 0.3) is 0 Å². The van der Waals surface area contributed by atoms with E-state index in [-0.39, 0.29) is 216 Å².